The number of halogens is 1. The zero-order valence-corrected chi connectivity index (χ0v) is 16.2. The molecule has 1 saturated heterocycles. The number of rotatable bonds is 5. The summed E-state index contributed by atoms with van der Waals surface area (Å²) in [7, 11) is -2.18. The molecule has 27 heavy (non-hydrogen) atoms. The van der Waals surface area contributed by atoms with E-state index in [-0.39, 0.29) is 23.2 Å². The van der Waals surface area contributed by atoms with E-state index in [2.05, 4.69) is 0 Å². The van der Waals surface area contributed by atoms with Crippen molar-refractivity contribution in [2.24, 2.45) is 0 Å². The van der Waals surface area contributed by atoms with Gasteiger partial charge in [-0.25, -0.2) is 12.8 Å². The van der Waals surface area contributed by atoms with Gasteiger partial charge in [0, 0.05) is 25.7 Å². The van der Waals surface area contributed by atoms with Crippen LogP contribution in [-0.2, 0) is 21.4 Å². The molecule has 0 spiro atoms. The largest absolute Gasteiger partial charge is 0.340 e. The third kappa shape index (κ3) is 4.04. The summed E-state index contributed by atoms with van der Waals surface area (Å²) < 4.78 is 41.1. The quantitative estimate of drug-likeness (QED) is 0.789. The molecule has 0 N–H and O–H groups in total. The predicted octanol–water partition coefficient (Wildman–Crippen LogP) is 2.95. The highest BCUT2D eigenvalue weighted by Gasteiger charge is 2.40. The molecule has 1 aliphatic heterocycles. The fourth-order valence-corrected chi connectivity index (χ4v) is 4.99. The summed E-state index contributed by atoms with van der Waals surface area (Å²) in [5.41, 5.74) is 1.37. The molecule has 1 unspecified atom stereocenters. The summed E-state index contributed by atoms with van der Waals surface area (Å²) in [6.07, 6.45) is 1.08. The van der Waals surface area contributed by atoms with Crippen molar-refractivity contribution in [3.05, 3.63) is 65.5 Å². The Morgan fingerprint density at radius 2 is 1.85 bits per heavy atom. The predicted molar refractivity (Wildman–Crippen MR) is 101 cm³/mol. The van der Waals surface area contributed by atoms with Gasteiger partial charge in [0.15, 0.2) is 0 Å². The topological polar surface area (TPSA) is 57.7 Å². The SMILES string of the molecule is Cc1ccc(S(=O)(=O)N2CCCC2C(=O)N(C)Cc2ccccc2F)cc1. The Labute approximate surface area is 159 Å². The van der Waals surface area contributed by atoms with Crippen LogP contribution in [0.15, 0.2) is 53.4 Å². The van der Waals surface area contributed by atoms with Gasteiger partial charge in [0.2, 0.25) is 15.9 Å². The third-order valence-electron chi connectivity index (χ3n) is 4.86. The van der Waals surface area contributed by atoms with Crippen LogP contribution in [0.4, 0.5) is 4.39 Å². The van der Waals surface area contributed by atoms with Crippen LogP contribution < -0.4 is 0 Å². The molecule has 7 heteroatoms. The Hall–Kier alpha value is -2.25. The van der Waals surface area contributed by atoms with Crippen molar-refractivity contribution in [1.82, 2.24) is 9.21 Å². The van der Waals surface area contributed by atoms with Crippen LogP contribution >= 0.6 is 0 Å². The van der Waals surface area contributed by atoms with Gasteiger partial charge in [-0.1, -0.05) is 35.9 Å². The van der Waals surface area contributed by atoms with Gasteiger partial charge in [0.25, 0.3) is 0 Å². The van der Waals surface area contributed by atoms with E-state index in [0.29, 0.717) is 24.9 Å². The summed E-state index contributed by atoms with van der Waals surface area (Å²) in [6.45, 7) is 2.29. The zero-order chi connectivity index (χ0) is 19.6. The van der Waals surface area contributed by atoms with Gasteiger partial charge in [0.05, 0.1) is 4.90 Å². The summed E-state index contributed by atoms with van der Waals surface area (Å²) in [6, 6.07) is 12.1. The van der Waals surface area contributed by atoms with Crippen LogP contribution in [0.5, 0.6) is 0 Å². The third-order valence-corrected chi connectivity index (χ3v) is 6.78. The van der Waals surface area contributed by atoms with Crippen molar-refractivity contribution in [2.45, 2.75) is 37.2 Å². The smallest absolute Gasteiger partial charge is 0.243 e. The zero-order valence-electron chi connectivity index (χ0n) is 15.4. The van der Waals surface area contributed by atoms with Crippen LogP contribution in [0.2, 0.25) is 0 Å². The Bertz CT molecular complexity index is 928. The Morgan fingerprint density at radius 1 is 1.19 bits per heavy atom. The van der Waals surface area contributed by atoms with E-state index < -0.39 is 16.1 Å². The van der Waals surface area contributed by atoms with Crippen LogP contribution in [0.3, 0.4) is 0 Å². The van der Waals surface area contributed by atoms with Gasteiger partial charge < -0.3 is 4.90 Å². The second-order valence-corrected chi connectivity index (χ2v) is 8.76. The first-order valence-corrected chi connectivity index (χ1v) is 10.3. The van der Waals surface area contributed by atoms with E-state index in [1.165, 1.54) is 15.3 Å². The summed E-state index contributed by atoms with van der Waals surface area (Å²) >= 11 is 0. The lowest BCUT2D eigenvalue weighted by Crippen LogP contribution is -2.46. The average Bonchev–Trinajstić information content (AvgIpc) is 3.14. The summed E-state index contributed by atoms with van der Waals surface area (Å²) in [4.78, 5) is 14.5. The van der Waals surface area contributed by atoms with E-state index in [9.17, 15) is 17.6 Å². The molecule has 2 aromatic carbocycles. The summed E-state index contributed by atoms with van der Waals surface area (Å²) in [5, 5.41) is 0. The van der Waals surface area contributed by atoms with E-state index in [4.69, 9.17) is 0 Å². The highest BCUT2D eigenvalue weighted by atomic mass is 32.2. The molecule has 1 heterocycles. The number of likely N-dealkylation sites (N-methyl/N-ethyl adjacent to an activating group) is 1. The van der Waals surface area contributed by atoms with Crippen LogP contribution in [0, 0.1) is 12.7 Å². The van der Waals surface area contributed by atoms with Crippen molar-refractivity contribution in [2.75, 3.05) is 13.6 Å². The van der Waals surface area contributed by atoms with E-state index in [1.807, 2.05) is 6.92 Å². The first kappa shape index (κ1) is 19.5. The van der Waals surface area contributed by atoms with E-state index >= 15 is 0 Å². The molecule has 0 bridgehead atoms. The number of carbonyl (C=O) groups is 1. The van der Waals surface area contributed by atoms with Crippen molar-refractivity contribution in [3.63, 3.8) is 0 Å². The molecule has 0 aromatic heterocycles. The lowest BCUT2D eigenvalue weighted by Gasteiger charge is -2.27. The molecule has 0 aliphatic carbocycles. The van der Waals surface area contributed by atoms with Crippen LogP contribution in [-0.4, -0.2) is 43.2 Å². The minimum Gasteiger partial charge on any atom is -0.340 e. The maximum Gasteiger partial charge on any atom is 0.243 e. The normalized spacial score (nSPS) is 17.8. The van der Waals surface area contributed by atoms with Gasteiger partial charge in [-0.3, -0.25) is 4.79 Å². The molecule has 144 valence electrons. The molecule has 3 rings (SSSR count). The minimum absolute atomic E-state index is 0.0976. The Balaban J connectivity index is 1.80. The molecule has 1 fully saturated rings. The lowest BCUT2D eigenvalue weighted by atomic mass is 10.1. The van der Waals surface area contributed by atoms with Crippen LogP contribution in [0.1, 0.15) is 24.0 Å². The molecule has 1 amide bonds. The number of benzene rings is 2. The molecule has 0 radical (unpaired) electrons. The highest BCUT2D eigenvalue weighted by molar-refractivity contribution is 7.89. The first-order chi connectivity index (χ1) is 12.8. The number of carbonyl (C=O) groups excluding carboxylic acids is 1. The number of amides is 1. The van der Waals surface area contributed by atoms with Crippen molar-refractivity contribution < 1.29 is 17.6 Å². The number of aryl methyl sites for hydroxylation is 1. The summed E-state index contributed by atoms with van der Waals surface area (Å²) in [5.74, 6) is -0.695. The Kier molecular flexibility index (Phi) is 5.62. The number of hydrogen-bond acceptors (Lipinski definition) is 3. The molecule has 5 nitrogen and oxygen atoms in total. The molecule has 1 aliphatic rings. The standard InChI is InChI=1S/C20H23FN2O3S/c1-15-9-11-17(12-10-15)27(25,26)23-13-5-8-19(23)20(24)22(2)14-16-6-3-4-7-18(16)21/h3-4,6-7,9-12,19H,5,8,13-14H2,1-2H3. The van der Waals surface area contributed by atoms with E-state index in [1.54, 1.807) is 49.5 Å². The first-order valence-electron chi connectivity index (χ1n) is 8.87. The van der Waals surface area contributed by atoms with Gasteiger partial charge in [-0.05, 0) is 38.0 Å². The van der Waals surface area contributed by atoms with Gasteiger partial charge in [-0.15, -0.1) is 0 Å². The second kappa shape index (κ2) is 7.78. The van der Waals surface area contributed by atoms with Gasteiger partial charge in [-0.2, -0.15) is 4.31 Å². The number of nitrogens with zero attached hydrogens (tertiary/aromatic N) is 2. The lowest BCUT2D eigenvalue weighted by molar-refractivity contribution is -0.133. The molecule has 0 saturated carbocycles. The minimum atomic E-state index is -3.75. The van der Waals surface area contributed by atoms with Gasteiger partial charge in [0.1, 0.15) is 11.9 Å². The second-order valence-electron chi connectivity index (χ2n) is 6.87. The maximum atomic E-state index is 13.9. The molecular weight excluding hydrogens is 367 g/mol. The molecule has 1 atom stereocenters. The van der Waals surface area contributed by atoms with Gasteiger partial charge >= 0.3 is 0 Å². The van der Waals surface area contributed by atoms with Crippen LogP contribution in [0.25, 0.3) is 0 Å². The molecular formula is C20H23FN2O3S. The number of hydrogen-bond donors (Lipinski definition) is 0. The Morgan fingerprint density at radius 3 is 2.52 bits per heavy atom. The number of sulfonamides is 1. The maximum absolute atomic E-state index is 13.9. The van der Waals surface area contributed by atoms with Crippen molar-refractivity contribution >= 4 is 15.9 Å². The highest BCUT2D eigenvalue weighted by Crippen LogP contribution is 2.27. The molecule has 2 aromatic rings. The monoisotopic (exact) mass is 390 g/mol. The van der Waals surface area contributed by atoms with Crippen molar-refractivity contribution in [1.29, 1.82) is 0 Å². The van der Waals surface area contributed by atoms with E-state index in [0.717, 1.165) is 5.56 Å². The average molecular weight is 390 g/mol. The fourth-order valence-electron chi connectivity index (χ4n) is 3.33. The fraction of sp³-hybridized carbons (Fsp3) is 0.350. The van der Waals surface area contributed by atoms with Crippen molar-refractivity contribution in [3.8, 4) is 0 Å².